The van der Waals surface area contributed by atoms with Crippen LogP contribution in [-0.2, 0) is 4.79 Å². The molecule has 2 N–H and O–H groups in total. The van der Waals surface area contributed by atoms with Crippen LogP contribution in [0.1, 0.15) is 37.4 Å². The first-order chi connectivity index (χ1) is 21.1. The summed E-state index contributed by atoms with van der Waals surface area (Å²) in [6.07, 6.45) is 2.46. The van der Waals surface area contributed by atoms with Crippen LogP contribution in [0.3, 0.4) is 0 Å². The van der Waals surface area contributed by atoms with Crippen LogP contribution in [-0.4, -0.2) is 27.9 Å². The van der Waals surface area contributed by atoms with Crippen LogP contribution in [0.15, 0.2) is 71.8 Å². The molecule has 4 aromatic rings. The molecule has 206 valence electrons. The summed E-state index contributed by atoms with van der Waals surface area (Å²) in [4.78, 5) is 42.3. The largest absolute Gasteiger partial charge is 0.493 e. The highest BCUT2D eigenvalue weighted by molar-refractivity contribution is 6.06. The Balaban J connectivity index is 1.68. The maximum absolute atomic E-state index is 15.1. The van der Waals surface area contributed by atoms with Crippen molar-refractivity contribution in [1.82, 2.24) is 9.55 Å². The molecule has 40 heavy (non-hydrogen) atoms. The van der Waals surface area contributed by atoms with E-state index in [0.717, 1.165) is 29.0 Å². The highest BCUT2D eigenvalue weighted by Crippen LogP contribution is 2.30. The fourth-order valence-electron chi connectivity index (χ4n) is 3.46. The molecule has 0 aliphatic carbocycles. The van der Waals surface area contributed by atoms with E-state index >= 15 is 8.78 Å². The van der Waals surface area contributed by atoms with E-state index in [0.29, 0.717) is 12.1 Å². The van der Waals surface area contributed by atoms with Gasteiger partial charge in [0, 0.05) is 46.8 Å². The molecule has 0 unspecified atom stereocenters. The molecular formula is C28H23F3N4O5. The number of rotatable bonds is 9. The van der Waals surface area contributed by atoms with Gasteiger partial charge < -0.3 is 20.1 Å². The van der Waals surface area contributed by atoms with Crippen molar-refractivity contribution >= 4 is 23.3 Å². The summed E-state index contributed by atoms with van der Waals surface area (Å²) in [6.45, 7) is -5.11. The van der Waals surface area contributed by atoms with E-state index in [1.54, 1.807) is 6.92 Å². The lowest BCUT2D eigenvalue weighted by atomic mass is 10.2. The number of carbonyl (C=O) groups is 2. The Kier molecular flexibility index (Phi) is 6.61. The van der Waals surface area contributed by atoms with Crippen LogP contribution in [0.2, 0.25) is 0 Å². The Morgan fingerprint density at radius 2 is 1.80 bits per heavy atom. The molecule has 2 amide bonds. The van der Waals surface area contributed by atoms with E-state index < -0.39 is 65.1 Å². The molecule has 0 aliphatic heterocycles. The van der Waals surface area contributed by atoms with Crippen LogP contribution >= 0.6 is 0 Å². The van der Waals surface area contributed by atoms with Crippen molar-refractivity contribution in [2.24, 2.45) is 0 Å². The van der Waals surface area contributed by atoms with Crippen LogP contribution in [0.5, 0.6) is 17.2 Å². The van der Waals surface area contributed by atoms with E-state index in [2.05, 4.69) is 10.3 Å². The molecule has 2 aromatic heterocycles. The van der Waals surface area contributed by atoms with Crippen molar-refractivity contribution in [3.63, 3.8) is 0 Å². The predicted octanol–water partition coefficient (Wildman–Crippen LogP) is 5.44. The molecule has 0 aliphatic rings. The molecule has 2 heterocycles. The van der Waals surface area contributed by atoms with E-state index in [-0.39, 0.29) is 29.6 Å². The quantitative estimate of drug-likeness (QED) is 0.284. The van der Waals surface area contributed by atoms with Gasteiger partial charge >= 0.3 is 0 Å². The lowest BCUT2D eigenvalue weighted by molar-refractivity contribution is -0.115. The minimum absolute atomic E-state index is 0.0116. The molecule has 9 nitrogen and oxygen atoms in total. The lowest BCUT2D eigenvalue weighted by Crippen LogP contribution is -2.29. The number of nitrogens with zero attached hydrogens (tertiary/aromatic N) is 2. The van der Waals surface area contributed by atoms with Crippen molar-refractivity contribution < 1.29 is 39.1 Å². The number of amides is 2. The maximum atomic E-state index is 15.1. The molecule has 4 rings (SSSR count). The number of pyridine rings is 2. The minimum atomic E-state index is -3.38. The van der Waals surface area contributed by atoms with Gasteiger partial charge in [-0.15, -0.1) is 0 Å². The zero-order valence-corrected chi connectivity index (χ0v) is 20.6. The molecule has 0 saturated heterocycles. The number of halogens is 3. The fourth-order valence-corrected chi connectivity index (χ4v) is 3.46. The van der Waals surface area contributed by atoms with E-state index in [1.165, 1.54) is 30.5 Å². The van der Waals surface area contributed by atoms with Crippen LogP contribution in [0.25, 0.3) is 5.69 Å². The summed E-state index contributed by atoms with van der Waals surface area (Å²) in [6, 6.07) is 9.08. The average molecular weight is 558 g/mol. The molecule has 0 atom stereocenters. The number of carbonyl (C=O) groups excluding carboxylic acids is 2. The predicted molar refractivity (Wildman–Crippen MR) is 141 cm³/mol. The van der Waals surface area contributed by atoms with E-state index in [1.807, 2.05) is 5.32 Å². The second-order valence-corrected chi connectivity index (χ2v) is 8.01. The summed E-state index contributed by atoms with van der Waals surface area (Å²) >= 11 is 0. The fraction of sp³-hybridized carbons (Fsp3) is 0.143. The standard InChI is InChI=1S/C28H23F3N4O5/c1-3-25(36)34-24-13-18(9-11-32-24)40-23-15-19(30)21(14-20(23)31)33-27(37)26-22(39-4-2)10-12-35(28(26)38)17-7-5-16(29)6-8-17/h5-15H,3-4H2,1-2H3,(H,33,37)(H,32,34,36)/i2D3,4D2. The number of anilines is 2. The van der Waals surface area contributed by atoms with Gasteiger partial charge in [-0.05, 0) is 43.3 Å². The average Bonchev–Trinajstić information content (AvgIpc) is 2.96. The highest BCUT2D eigenvalue weighted by Gasteiger charge is 2.22. The normalized spacial score (nSPS) is 13.2. The summed E-state index contributed by atoms with van der Waals surface area (Å²) in [7, 11) is 0. The molecule has 0 bridgehead atoms. The van der Waals surface area contributed by atoms with Crippen molar-refractivity contribution in [2.75, 3.05) is 17.2 Å². The van der Waals surface area contributed by atoms with Gasteiger partial charge in [0.15, 0.2) is 17.4 Å². The van der Waals surface area contributed by atoms with Gasteiger partial charge in [0.25, 0.3) is 11.5 Å². The van der Waals surface area contributed by atoms with Crippen LogP contribution < -0.4 is 25.7 Å². The molecule has 12 heteroatoms. The monoisotopic (exact) mass is 557 g/mol. The number of nitrogens with one attached hydrogen (secondary N) is 2. The molecule has 0 radical (unpaired) electrons. The van der Waals surface area contributed by atoms with Gasteiger partial charge in [-0.2, -0.15) is 0 Å². The molecule has 0 saturated carbocycles. The van der Waals surface area contributed by atoms with Crippen molar-refractivity contribution in [2.45, 2.75) is 20.2 Å². The topological polar surface area (TPSA) is 112 Å². The number of aromatic nitrogens is 2. The SMILES string of the molecule is [2H]C([2H])([2H])C([2H])([2H])Oc1ccn(-c2ccc(F)cc2)c(=O)c1C(=O)Nc1cc(F)c(Oc2ccnc(NC(=O)CC)c2)cc1F. The maximum Gasteiger partial charge on any atom is 0.271 e. The van der Waals surface area contributed by atoms with Crippen molar-refractivity contribution in [3.8, 4) is 22.9 Å². The molecule has 2 aromatic carbocycles. The first kappa shape index (κ1) is 21.8. The Labute approximate surface area is 233 Å². The number of ether oxygens (including phenoxy) is 2. The van der Waals surface area contributed by atoms with Crippen molar-refractivity contribution in [1.29, 1.82) is 0 Å². The van der Waals surface area contributed by atoms with E-state index in [9.17, 15) is 18.8 Å². The molecule has 0 spiro atoms. The number of benzene rings is 2. The lowest BCUT2D eigenvalue weighted by Gasteiger charge is -2.14. The molecule has 0 fully saturated rings. The number of hydrogen-bond donors (Lipinski definition) is 2. The summed E-state index contributed by atoms with van der Waals surface area (Å²) < 4.78 is 92.4. The van der Waals surface area contributed by atoms with Crippen LogP contribution in [0, 0.1) is 17.5 Å². The smallest absolute Gasteiger partial charge is 0.271 e. The Morgan fingerprint density at radius 1 is 1.02 bits per heavy atom. The Bertz CT molecular complexity index is 1820. The van der Waals surface area contributed by atoms with Crippen molar-refractivity contribution in [3.05, 3.63) is 100 Å². The highest BCUT2D eigenvalue weighted by atomic mass is 19.1. The third kappa shape index (κ3) is 6.29. The van der Waals surface area contributed by atoms with Gasteiger partial charge in [-0.3, -0.25) is 19.0 Å². The molecular weight excluding hydrogens is 529 g/mol. The van der Waals surface area contributed by atoms with Gasteiger partial charge in [0.05, 0.1) is 15.0 Å². The second kappa shape index (κ2) is 12.2. The van der Waals surface area contributed by atoms with Gasteiger partial charge in [0.2, 0.25) is 5.91 Å². The zero-order valence-electron chi connectivity index (χ0n) is 25.6. The summed E-state index contributed by atoms with van der Waals surface area (Å²) in [5.41, 5.74) is -2.85. The van der Waals surface area contributed by atoms with Gasteiger partial charge in [0.1, 0.15) is 28.7 Å². The Hall–Kier alpha value is -5.13. The second-order valence-electron chi connectivity index (χ2n) is 8.01. The minimum Gasteiger partial charge on any atom is -0.493 e. The van der Waals surface area contributed by atoms with E-state index in [4.69, 9.17) is 16.3 Å². The third-order valence-electron chi connectivity index (χ3n) is 5.36. The van der Waals surface area contributed by atoms with Crippen LogP contribution in [0.4, 0.5) is 24.7 Å². The first-order valence-electron chi connectivity index (χ1n) is 14.0. The summed E-state index contributed by atoms with van der Waals surface area (Å²) in [5.74, 6) is -6.11. The summed E-state index contributed by atoms with van der Waals surface area (Å²) in [5, 5.41) is 4.49. The number of hydrogen-bond acceptors (Lipinski definition) is 6. The van der Waals surface area contributed by atoms with Gasteiger partial charge in [-0.25, -0.2) is 18.2 Å². The Morgan fingerprint density at radius 3 is 2.52 bits per heavy atom. The zero-order chi connectivity index (χ0) is 33.1. The third-order valence-corrected chi connectivity index (χ3v) is 5.36. The first-order valence-corrected chi connectivity index (χ1v) is 11.5. The van der Waals surface area contributed by atoms with Gasteiger partial charge in [-0.1, -0.05) is 6.92 Å².